The first-order valence-electron chi connectivity index (χ1n) is 30.2. The monoisotopic (exact) mass is 1100 g/mol. The topological polar surface area (TPSA) is 15.3 Å². The van der Waals surface area contributed by atoms with Crippen molar-refractivity contribution < 1.29 is 0 Å². The van der Waals surface area contributed by atoms with Gasteiger partial charge >= 0.3 is 0 Å². The molecule has 4 heterocycles. The Morgan fingerprint density at radius 2 is 0.628 bits per heavy atom. The first-order chi connectivity index (χ1) is 42.6. The highest BCUT2D eigenvalue weighted by atomic mass is 15.2. The molecule has 406 valence electrons. The lowest BCUT2D eigenvalue weighted by atomic mass is 9.97. The SMILES string of the molecule is CCc1ccc(-c2ccccc2)c(N(c2cccc(-c3ccccc3)c2)c2ccc3c4cc5c(cc4n4c6ccccc6c2c34)c2ccc(N(c3cccc(-c4ccccc4)c3)c3cc(CC)ccc3-c3ccccc3)c3c4ccccc4n5c23)c1. The Kier molecular flexibility index (Phi) is 11.5. The fraction of sp³-hybridized carbons (Fsp3) is 0.0488. The van der Waals surface area contributed by atoms with Crippen molar-refractivity contribution in [2.24, 2.45) is 0 Å². The van der Waals surface area contributed by atoms with Crippen molar-refractivity contribution in [2.75, 3.05) is 9.80 Å². The molecule has 4 heteroatoms. The van der Waals surface area contributed by atoms with Crippen molar-refractivity contribution in [2.45, 2.75) is 26.7 Å². The molecule has 4 aromatic heterocycles. The molecule has 0 atom stereocenters. The maximum atomic E-state index is 2.57. The molecule has 0 N–H and O–H groups in total. The predicted octanol–water partition coefficient (Wildman–Crippen LogP) is 22.7. The zero-order valence-corrected chi connectivity index (χ0v) is 47.9. The number of nitrogens with zero attached hydrogens (tertiary/aromatic N) is 4. The first kappa shape index (κ1) is 49.7. The van der Waals surface area contributed by atoms with Crippen molar-refractivity contribution in [1.82, 2.24) is 8.80 Å². The molecule has 0 saturated carbocycles. The van der Waals surface area contributed by atoms with E-state index in [2.05, 4.69) is 324 Å². The van der Waals surface area contributed by atoms with E-state index in [4.69, 9.17) is 0 Å². The summed E-state index contributed by atoms with van der Waals surface area (Å²) in [6, 6.07) is 108. The third-order valence-corrected chi connectivity index (χ3v) is 18.3. The van der Waals surface area contributed by atoms with Gasteiger partial charge in [-0.05, 0) is 130 Å². The van der Waals surface area contributed by atoms with Crippen molar-refractivity contribution in [3.63, 3.8) is 0 Å². The molecule has 0 radical (unpaired) electrons. The summed E-state index contributed by atoms with van der Waals surface area (Å²) in [7, 11) is 0. The van der Waals surface area contributed by atoms with E-state index < -0.39 is 0 Å². The van der Waals surface area contributed by atoms with Gasteiger partial charge in [0.25, 0.3) is 0 Å². The van der Waals surface area contributed by atoms with Gasteiger partial charge in [-0.3, -0.25) is 0 Å². The van der Waals surface area contributed by atoms with E-state index >= 15 is 0 Å². The van der Waals surface area contributed by atoms with Gasteiger partial charge in [-0.25, -0.2) is 0 Å². The van der Waals surface area contributed by atoms with Crippen molar-refractivity contribution >= 4 is 110 Å². The summed E-state index contributed by atoms with van der Waals surface area (Å²) in [4.78, 5) is 5.09. The Bertz CT molecular complexity index is 5090. The van der Waals surface area contributed by atoms with Gasteiger partial charge in [0, 0.05) is 65.6 Å². The smallest absolute Gasteiger partial charge is 0.0641 e. The molecule has 0 aliphatic carbocycles. The van der Waals surface area contributed by atoms with Crippen molar-refractivity contribution in [3.05, 3.63) is 302 Å². The number of anilines is 6. The summed E-state index contributed by atoms with van der Waals surface area (Å²) >= 11 is 0. The average Bonchev–Trinajstić information content (AvgIpc) is 1.55. The van der Waals surface area contributed by atoms with Crippen LogP contribution in [-0.2, 0) is 12.8 Å². The van der Waals surface area contributed by atoms with E-state index in [9.17, 15) is 0 Å². The van der Waals surface area contributed by atoms with Gasteiger partial charge in [0.05, 0.1) is 55.8 Å². The quantitative estimate of drug-likeness (QED) is 0.121. The van der Waals surface area contributed by atoms with E-state index in [1.54, 1.807) is 0 Å². The van der Waals surface area contributed by atoms with Crippen LogP contribution in [0, 0.1) is 0 Å². The number of aryl methyl sites for hydroxylation is 2. The van der Waals surface area contributed by atoms with Gasteiger partial charge in [-0.15, -0.1) is 0 Å². The van der Waals surface area contributed by atoms with Gasteiger partial charge in [0.15, 0.2) is 0 Å². The normalized spacial score (nSPS) is 11.9. The van der Waals surface area contributed by atoms with Crippen LogP contribution in [0.15, 0.2) is 291 Å². The van der Waals surface area contributed by atoms with E-state index in [1.165, 1.54) is 132 Å². The van der Waals surface area contributed by atoms with E-state index in [0.717, 1.165) is 47.0 Å². The predicted molar refractivity (Wildman–Crippen MR) is 366 cm³/mol. The summed E-state index contributed by atoms with van der Waals surface area (Å²) in [5, 5.41) is 9.86. The van der Waals surface area contributed by atoms with Crippen LogP contribution in [0.2, 0.25) is 0 Å². The highest BCUT2D eigenvalue weighted by molar-refractivity contribution is 6.32. The van der Waals surface area contributed by atoms with Gasteiger partial charge in [0.2, 0.25) is 0 Å². The standard InChI is InChI=1S/C82H58N4/c1-3-53-39-41-63(57-27-13-7-14-28-57)75(47-53)83(61-33-21-31-59(49-61)55-23-9-5-10-24-55)73-45-43-65-69-51-78-70(52-77(69)85-71-37-19-17-35-67(71)79(73)81(65)85)66-44-46-74(80-68-36-18-20-38-72(68)86(78)82(66)80)84(62-34-22-32-60(50-62)56-25-11-6-12-26-56)76-48-54(4-2)40-42-64(76)58-29-15-8-16-30-58/h5-52H,3-4H2,1-2H3. The number of hydrogen-bond acceptors (Lipinski definition) is 2. The zero-order chi connectivity index (χ0) is 57.0. The third-order valence-electron chi connectivity index (χ3n) is 18.3. The third kappa shape index (κ3) is 7.62. The summed E-state index contributed by atoms with van der Waals surface area (Å²) < 4.78 is 5.14. The molecule has 4 nitrogen and oxygen atoms in total. The maximum absolute atomic E-state index is 2.57. The molecule has 0 fully saturated rings. The molecule has 0 bridgehead atoms. The molecule has 13 aromatic carbocycles. The largest absolute Gasteiger partial charge is 0.309 e. The Morgan fingerprint density at radius 1 is 0.256 bits per heavy atom. The second kappa shape index (κ2) is 19.9. The molecule has 17 aromatic rings. The minimum absolute atomic E-state index is 0.921. The number of benzene rings is 13. The maximum Gasteiger partial charge on any atom is 0.0641 e. The Labute approximate surface area is 499 Å². The van der Waals surface area contributed by atoms with Crippen LogP contribution in [0.4, 0.5) is 34.1 Å². The first-order valence-corrected chi connectivity index (χ1v) is 30.2. The zero-order valence-electron chi connectivity index (χ0n) is 47.9. The lowest BCUT2D eigenvalue weighted by Crippen LogP contribution is -2.12. The molecule has 0 amide bonds. The highest BCUT2D eigenvalue weighted by Crippen LogP contribution is 2.53. The van der Waals surface area contributed by atoms with Crippen LogP contribution < -0.4 is 9.80 Å². The molecule has 17 rings (SSSR count). The lowest BCUT2D eigenvalue weighted by molar-refractivity contribution is 1.13. The number of fused-ring (bicyclic) bond motifs is 12. The van der Waals surface area contributed by atoms with Gasteiger partial charge < -0.3 is 18.6 Å². The molecule has 0 unspecified atom stereocenters. The van der Waals surface area contributed by atoms with Crippen LogP contribution >= 0.6 is 0 Å². The number of para-hydroxylation sites is 2. The molecule has 0 saturated heterocycles. The van der Waals surface area contributed by atoms with Crippen molar-refractivity contribution in [3.8, 4) is 44.5 Å². The second-order valence-electron chi connectivity index (χ2n) is 22.9. The molecular formula is C82H58N4. The Balaban J connectivity index is 0.935. The number of rotatable bonds is 12. The van der Waals surface area contributed by atoms with Crippen LogP contribution in [0.3, 0.4) is 0 Å². The van der Waals surface area contributed by atoms with Crippen molar-refractivity contribution in [1.29, 1.82) is 0 Å². The molecule has 0 spiro atoms. The summed E-state index contributed by atoms with van der Waals surface area (Å²) in [5.74, 6) is 0. The van der Waals surface area contributed by atoms with Crippen LogP contribution in [0.5, 0.6) is 0 Å². The fourth-order valence-electron chi connectivity index (χ4n) is 14.3. The van der Waals surface area contributed by atoms with E-state index in [1.807, 2.05) is 0 Å². The van der Waals surface area contributed by atoms with Crippen LogP contribution in [-0.4, -0.2) is 8.80 Å². The molecule has 86 heavy (non-hydrogen) atoms. The summed E-state index contributed by atoms with van der Waals surface area (Å²) in [5.41, 5.74) is 26.1. The highest BCUT2D eigenvalue weighted by Gasteiger charge is 2.30. The number of hydrogen-bond donors (Lipinski definition) is 0. The fourth-order valence-corrected chi connectivity index (χ4v) is 14.3. The van der Waals surface area contributed by atoms with Crippen LogP contribution in [0.25, 0.3) is 121 Å². The summed E-state index contributed by atoms with van der Waals surface area (Å²) in [6.45, 7) is 4.51. The van der Waals surface area contributed by atoms with Gasteiger partial charge in [-0.2, -0.15) is 0 Å². The summed E-state index contributed by atoms with van der Waals surface area (Å²) in [6.07, 6.45) is 1.84. The second-order valence-corrected chi connectivity index (χ2v) is 22.9. The van der Waals surface area contributed by atoms with Crippen LogP contribution in [0.1, 0.15) is 25.0 Å². The molecule has 0 aliphatic heterocycles. The lowest BCUT2D eigenvalue weighted by Gasteiger charge is -2.30. The molecule has 0 aliphatic rings. The van der Waals surface area contributed by atoms with E-state index in [-0.39, 0.29) is 0 Å². The Morgan fingerprint density at radius 3 is 1.03 bits per heavy atom. The molecular weight excluding hydrogens is 1040 g/mol. The average molecular weight is 1100 g/mol. The number of aromatic nitrogens is 2. The minimum atomic E-state index is 0.921. The van der Waals surface area contributed by atoms with E-state index in [0.29, 0.717) is 0 Å². The van der Waals surface area contributed by atoms with Gasteiger partial charge in [0.1, 0.15) is 0 Å². The van der Waals surface area contributed by atoms with Gasteiger partial charge in [-0.1, -0.05) is 232 Å². The Hall–Kier alpha value is -10.9. The minimum Gasteiger partial charge on any atom is -0.309 e.